The first kappa shape index (κ1) is 49.7. The first-order valence-corrected chi connectivity index (χ1v) is 19.2. The first-order chi connectivity index (χ1) is 26.9. The lowest BCUT2D eigenvalue weighted by atomic mass is 9.97. The third kappa shape index (κ3) is 18.0. The van der Waals surface area contributed by atoms with Crippen LogP contribution in [-0.2, 0) is 40.1 Å². The molecule has 0 spiro atoms. The molecule has 0 radical (unpaired) electrons. The molecule has 0 aliphatic heterocycles. The van der Waals surface area contributed by atoms with Crippen molar-refractivity contribution in [1.82, 2.24) is 31.7 Å². The second kappa shape index (κ2) is 25.8. The Morgan fingerprint density at radius 3 is 1.91 bits per heavy atom. The highest BCUT2D eigenvalue weighted by Crippen LogP contribution is 2.15. The summed E-state index contributed by atoms with van der Waals surface area (Å²) in [5.41, 5.74) is 14.4. The van der Waals surface area contributed by atoms with Crippen molar-refractivity contribution in [2.75, 3.05) is 20.3 Å². The summed E-state index contributed by atoms with van der Waals surface area (Å²) in [6.07, 6.45) is 0.156. The molecule has 0 saturated heterocycles. The molecule has 57 heavy (non-hydrogen) atoms. The molecular formula is C38H64N10O9. The molecule has 1 aromatic carbocycles. The van der Waals surface area contributed by atoms with Crippen LogP contribution in [0.3, 0.4) is 0 Å². The van der Waals surface area contributed by atoms with Crippen LogP contribution >= 0.6 is 0 Å². The number of hydrazine groups is 1. The van der Waals surface area contributed by atoms with Crippen LogP contribution in [0.1, 0.15) is 86.6 Å². The smallest absolute Gasteiger partial charge is 0.408 e. The van der Waals surface area contributed by atoms with Crippen LogP contribution in [0.5, 0.6) is 0 Å². The van der Waals surface area contributed by atoms with Gasteiger partial charge in [0.15, 0.2) is 12.6 Å². The number of rotatable bonds is 25. The van der Waals surface area contributed by atoms with Gasteiger partial charge in [-0.3, -0.25) is 24.2 Å². The number of guanidine groups is 1. The molecule has 320 valence electrons. The van der Waals surface area contributed by atoms with E-state index >= 15 is 0 Å². The average Bonchev–Trinajstić information content (AvgIpc) is 3.16. The highest BCUT2D eigenvalue weighted by atomic mass is 16.5. The Bertz CT molecular complexity index is 1490. The summed E-state index contributed by atoms with van der Waals surface area (Å²) in [7, 11) is 1.21. The van der Waals surface area contributed by atoms with E-state index in [0.29, 0.717) is 12.8 Å². The molecular weight excluding hydrogens is 740 g/mol. The van der Waals surface area contributed by atoms with Gasteiger partial charge in [0.1, 0.15) is 36.8 Å². The minimum Gasteiger partial charge on any atom is -0.467 e. The maximum atomic E-state index is 14.1. The number of hydrogen-bond acceptors (Lipinski definition) is 12. The van der Waals surface area contributed by atoms with Gasteiger partial charge in [-0.2, -0.15) is 0 Å². The van der Waals surface area contributed by atoms with E-state index < -0.39 is 84.4 Å². The number of nitrogens with two attached hydrogens (primary N) is 2. The summed E-state index contributed by atoms with van der Waals surface area (Å²) in [6.45, 7) is 13.5. The molecule has 1 aromatic rings. The van der Waals surface area contributed by atoms with Crippen LogP contribution < -0.4 is 38.2 Å². The minimum absolute atomic E-state index is 0.0434. The number of ether oxygens (including phenoxy) is 2. The summed E-state index contributed by atoms with van der Waals surface area (Å²) >= 11 is 0. The van der Waals surface area contributed by atoms with Gasteiger partial charge < -0.3 is 42.2 Å². The third-order valence-electron chi connectivity index (χ3n) is 9.01. The number of hydrogen-bond donors (Lipinski definition) is 7. The Kier molecular flexibility index (Phi) is 22.5. The number of carbonyl (C=O) groups is 6. The van der Waals surface area contributed by atoms with Gasteiger partial charge in [-0.25, -0.2) is 20.0 Å². The molecule has 0 aliphatic carbocycles. The normalized spacial score (nSPS) is 14.2. The third-order valence-corrected chi connectivity index (χ3v) is 9.01. The number of esters is 1. The fraction of sp³-hybridized carbons (Fsp3) is 0.658. The van der Waals surface area contributed by atoms with Crippen LogP contribution in [0.15, 0.2) is 40.5 Å². The molecule has 9 N–H and O–H groups in total. The van der Waals surface area contributed by atoms with Crippen LogP contribution in [0.2, 0.25) is 0 Å². The number of carbonyl (C=O) groups excluding carboxylic acids is 6. The Morgan fingerprint density at radius 2 is 1.39 bits per heavy atom. The number of methoxy groups -OCH3 is 1. The molecule has 19 nitrogen and oxygen atoms in total. The van der Waals surface area contributed by atoms with Gasteiger partial charge in [0.05, 0.1) is 7.11 Å². The molecule has 0 aromatic heterocycles. The first-order valence-electron chi connectivity index (χ1n) is 19.2. The molecule has 0 aliphatic rings. The van der Waals surface area contributed by atoms with Crippen molar-refractivity contribution in [2.45, 2.75) is 118 Å². The quantitative estimate of drug-likeness (QED) is 0.0186. The number of alkyl carbamates (subject to hydrolysis) is 1. The fourth-order valence-corrected chi connectivity index (χ4v) is 5.54. The molecule has 0 bridgehead atoms. The largest absolute Gasteiger partial charge is 0.467 e. The van der Waals surface area contributed by atoms with Crippen molar-refractivity contribution in [3.05, 3.63) is 40.8 Å². The summed E-state index contributed by atoms with van der Waals surface area (Å²) in [4.78, 5) is 96.1. The molecule has 0 heterocycles. The van der Waals surface area contributed by atoms with Crippen molar-refractivity contribution in [3.63, 3.8) is 0 Å². The highest BCUT2D eigenvalue weighted by molar-refractivity contribution is 5.94. The second-order valence-corrected chi connectivity index (χ2v) is 14.9. The van der Waals surface area contributed by atoms with Crippen LogP contribution in [0, 0.1) is 28.6 Å². The monoisotopic (exact) mass is 804 g/mol. The number of aliphatic imine (C=N–C) groups is 1. The number of amides is 5. The summed E-state index contributed by atoms with van der Waals surface area (Å²) in [5.74, 6) is -4.94. The summed E-state index contributed by atoms with van der Waals surface area (Å²) in [5, 5.41) is 14.4. The van der Waals surface area contributed by atoms with E-state index in [0.717, 1.165) is 10.6 Å². The number of nitrogens with one attached hydrogen (secondary N) is 5. The molecule has 1 rings (SSSR count). The van der Waals surface area contributed by atoms with Crippen LogP contribution in [0.25, 0.3) is 0 Å². The van der Waals surface area contributed by atoms with E-state index in [2.05, 4.69) is 36.9 Å². The van der Waals surface area contributed by atoms with Gasteiger partial charge in [0.25, 0.3) is 5.91 Å². The lowest BCUT2D eigenvalue weighted by molar-refractivity contribution is -0.148. The zero-order valence-electron chi connectivity index (χ0n) is 34.7. The summed E-state index contributed by atoms with van der Waals surface area (Å²) < 4.78 is 10.2. The van der Waals surface area contributed by atoms with Gasteiger partial charge in [0, 0.05) is 6.54 Å². The van der Waals surface area contributed by atoms with E-state index in [1.54, 1.807) is 58.9 Å². The van der Waals surface area contributed by atoms with Crippen molar-refractivity contribution in [3.8, 4) is 0 Å². The van der Waals surface area contributed by atoms with Crippen molar-refractivity contribution in [2.24, 2.45) is 45.3 Å². The van der Waals surface area contributed by atoms with Crippen LogP contribution in [-0.4, -0.2) is 97.2 Å². The summed E-state index contributed by atoms with van der Waals surface area (Å²) in [6, 6.07) is 3.32. The van der Waals surface area contributed by atoms with Crippen molar-refractivity contribution in [1.29, 1.82) is 0 Å². The van der Waals surface area contributed by atoms with Crippen molar-refractivity contribution < 1.29 is 38.2 Å². The van der Waals surface area contributed by atoms with Gasteiger partial charge >= 0.3 is 12.1 Å². The number of nitrogens with zero attached hydrogens (tertiary/aromatic N) is 3. The number of nitroso groups, excluding NO2 is 1. The average molecular weight is 805 g/mol. The predicted octanol–water partition coefficient (Wildman–Crippen LogP) is 1.79. The molecule has 5 amide bonds. The maximum Gasteiger partial charge on any atom is 0.408 e. The second-order valence-electron chi connectivity index (χ2n) is 14.9. The zero-order valence-corrected chi connectivity index (χ0v) is 34.7. The number of benzene rings is 1. The molecule has 19 heteroatoms. The lowest BCUT2D eigenvalue weighted by Crippen LogP contribution is -2.63. The standard InChI is InChI=1S/C38H64N10O9/c1-10-25(8)31(34(51)46-30(24(6)7)36(53)56-9)47-48(21-42-55)35(52)29(23(4)5)45-33(50)28(19-22(2)3)43-32(49)27(17-14-18-41-37(39)40)44-38(54)57-20-26-15-12-11-13-16-26/h11-13,15-16,22-25,27-31,47H,10,14,17-21H2,1-9H3,(H,43,49)(H,44,54)(H,45,50)(H,46,51)(H4,39,40,41)/t25-,27-,28-,29-,30-,31-/m0/s1. The molecule has 0 saturated carbocycles. The Morgan fingerprint density at radius 1 is 0.789 bits per heavy atom. The topological polar surface area (TPSA) is 278 Å². The van der Waals surface area contributed by atoms with Gasteiger partial charge in [0.2, 0.25) is 17.7 Å². The Balaban J connectivity index is 3.32. The molecule has 0 unspecified atom stereocenters. The van der Waals surface area contributed by atoms with Gasteiger partial charge in [-0.1, -0.05) is 92.1 Å². The minimum atomic E-state index is -1.25. The fourth-order valence-electron chi connectivity index (χ4n) is 5.54. The lowest BCUT2D eigenvalue weighted by Gasteiger charge is -2.34. The van der Waals surface area contributed by atoms with Gasteiger partial charge in [-0.15, -0.1) is 4.91 Å². The zero-order chi connectivity index (χ0) is 43.2. The van der Waals surface area contributed by atoms with E-state index in [4.69, 9.17) is 20.9 Å². The van der Waals surface area contributed by atoms with E-state index in [1.807, 2.05) is 26.8 Å². The van der Waals surface area contributed by atoms with Gasteiger partial charge in [-0.05, 0) is 53.7 Å². The van der Waals surface area contributed by atoms with E-state index in [9.17, 15) is 33.7 Å². The maximum absolute atomic E-state index is 14.1. The highest BCUT2D eigenvalue weighted by Gasteiger charge is 2.37. The van der Waals surface area contributed by atoms with E-state index in [1.165, 1.54) is 7.11 Å². The molecule has 0 fully saturated rings. The Labute approximate surface area is 335 Å². The Hall–Kier alpha value is -5.33. The SMILES string of the molecule is CC[C@H](C)[C@H](NN(CN=O)C(=O)[C@@H](NC(=O)[C@H](CC(C)C)NC(=O)[C@H](CCCN=C(N)N)NC(=O)OCc1ccccc1)C(C)C)C(=O)N[C@H](C(=O)OC)C(C)C. The van der Waals surface area contributed by atoms with E-state index in [-0.39, 0.29) is 43.8 Å². The molecule has 6 atom stereocenters. The predicted molar refractivity (Wildman–Crippen MR) is 214 cm³/mol. The van der Waals surface area contributed by atoms with Crippen molar-refractivity contribution >= 4 is 41.7 Å². The van der Waals surface area contributed by atoms with Crippen LogP contribution in [0.4, 0.5) is 4.79 Å².